The fourth-order valence-electron chi connectivity index (χ4n) is 3.51. The van der Waals surface area contributed by atoms with Gasteiger partial charge in [0.25, 0.3) is 5.91 Å². The minimum atomic E-state index is -0.218. The molecule has 0 radical (unpaired) electrons. The SMILES string of the molecule is CCC(=O)c1ccc(OCC(=O)Nc2ccc3c(c2)Cc2ccccc2-3)cc1. The summed E-state index contributed by atoms with van der Waals surface area (Å²) in [7, 11) is 0. The highest BCUT2D eigenvalue weighted by atomic mass is 16.5. The molecule has 0 saturated heterocycles. The minimum Gasteiger partial charge on any atom is -0.484 e. The van der Waals surface area contributed by atoms with Gasteiger partial charge in [-0.1, -0.05) is 37.3 Å². The lowest BCUT2D eigenvalue weighted by Crippen LogP contribution is -2.20. The molecule has 0 unspecified atom stereocenters. The number of hydrogen-bond donors (Lipinski definition) is 1. The van der Waals surface area contributed by atoms with Crippen LogP contribution in [0.25, 0.3) is 11.1 Å². The quantitative estimate of drug-likeness (QED) is 0.492. The molecule has 140 valence electrons. The van der Waals surface area contributed by atoms with Crippen molar-refractivity contribution in [2.24, 2.45) is 0 Å². The van der Waals surface area contributed by atoms with E-state index in [0.29, 0.717) is 17.7 Å². The Hall–Kier alpha value is -3.40. The molecule has 0 aliphatic heterocycles. The molecule has 0 heterocycles. The van der Waals surface area contributed by atoms with Crippen LogP contribution >= 0.6 is 0 Å². The maximum absolute atomic E-state index is 12.2. The van der Waals surface area contributed by atoms with Crippen molar-refractivity contribution in [1.82, 2.24) is 0 Å². The molecule has 0 spiro atoms. The van der Waals surface area contributed by atoms with Gasteiger partial charge >= 0.3 is 0 Å². The molecule has 1 aliphatic rings. The molecule has 1 N–H and O–H groups in total. The predicted molar refractivity (Wildman–Crippen MR) is 110 cm³/mol. The highest BCUT2D eigenvalue weighted by Gasteiger charge is 2.18. The number of rotatable bonds is 6. The van der Waals surface area contributed by atoms with E-state index in [4.69, 9.17) is 4.74 Å². The van der Waals surface area contributed by atoms with Crippen molar-refractivity contribution in [3.63, 3.8) is 0 Å². The molecule has 0 aromatic heterocycles. The summed E-state index contributed by atoms with van der Waals surface area (Å²) in [5, 5.41) is 2.89. The van der Waals surface area contributed by atoms with Crippen LogP contribution in [0.3, 0.4) is 0 Å². The van der Waals surface area contributed by atoms with Crippen LogP contribution in [0.2, 0.25) is 0 Å². The molecular formula is C24H21NO3. The van der Waals surface area contributed by atoms with Crippen molar-refractivity contribution in [1.29, 1.82) is 0 Å². The summed E-state index contributed by atoms with van der Waals surface area (Å²) in [6, 6.07) is 21.2. The van der Waals surface area contributed by atoms with E-state index in [2.05, 4.69) is 29.6 Å². The molecule has 1 amide bonds. The van der Waals surface area contributed by atoms with E-state index in [9.17, 15) is 9.59 Å². The highest BCUT2D eigenvalue weighted by Crippen LogP contribution is 2.37. The molecule has 28 heavy (non-hydrogen) atoms. The Labute approximate surface area is 164 Å². The molecule has 0 fully saturated rings. The number of carbonyl (C=O) groups is 2. The normalized spacial score (nSPS) is 11.5. The third kappa shape index (κ3) is 3.67. The van der Waals surface area contributed by atoms with Crippen LogP contribution in [0.1, 0.15) is 34.8 Å². The van der Waals surface area contributed by atoms with Gasteiger partial charge in [-0.15, -0.1) is 0 Å². The summed E-state index contributed by atoms with van der Waals surface area (Å²) in [6.07, 6.45) is 1.35. The zero-order valence-corrected chi connectivity index (χ0v) is 15.7. The molecule has 0 saturated carbocycles. The average molecular weight is 371 g/mol. The monoisotopic (exact) mass is 371 g/mol. The Morgan fingerprint density at radius 1 is 0.929 bits per heavy atom. The van der Waals surface area contributed by atoms with E-state index >= 15 is 0 Å². The Morgan fingerprint density at radius 2 is 1.68 bits per heavy atom. The molecule has 3 aromatic rings. The molecule has 4 nitrogen and oxygen atoms in total. The van der Waals surface area contributed by atoms with Crippen molar-refractivity contribution in [2.75, 3.05) is 11.9 Å². The van der Waals surface area contributed by atoms with Crippen LogP contribution in [-0.4, -0.2) is 18.3 Å². The lowest BCUT2D eigenvalue weighted by Gasteiger charge is -2.09. The summed E-state index contributed by atoms with van der Waals surface area (Å²) in [5.74, 6) is 0.430. The molecule has 0 atom stereocenters. The first-order chi connectivity index (χ1) is 13.6. The zero-order valence-electron chi connectivity index (χ0n) is 15.7. The van der Waals surface area contributed by atoms with Crippen LogP contribution in [0.4, 0.5) is 5.69 Å². The number of fused-ring (bicyclic) bond motifs is 3. The molecule has 4 rings (SSSR count). The fourth-order valence-corrected chi connectivity index (χ4v) is 3.51. The third-order valence-electron chi connectivity index (χ3n) is 4.94. The lowest BCUT2D eigenvalue weighted by molar-refractivity contribution is -0.118. The van der Waals surface area contributed by atoms with Gasteiger partial charge in [0.05, 0.1) is 0 Å². The Balaban J connectivity index is 1.36. The van der Waals surface area contributed by atoms with Gasteiger partial charge in [0.1, 0.15) is 5.75 Å². The van der Waals surface area contributed by atoms with Crippen LogP contribution in [0, 0.1) is 0 Å². The van der Waals surface area contributed by atoms with Gasteiger partial charge in [0.2, 0.25) is 0 Å². The number of anilines is 1. The number of nitrogens with one attached hydrogen (secondary N) is 1. The van der Waals surface area contributed by atoms with Crippen LogP contribution in [0.5, 0.6) is 5.75 Å². The van der Waals surface area contributed by atoms with Crippen molar-refractivity contribution in [2.45, 2.75) is 19.8 Å². The summed E-state index contributed by atoms with van der Waals surface area (Å²) >= 11 is 0. The molecule has 1 aliphatic carbocycles. The maximum atomic E-state index is 12.2. The summed E-state index contributed by atoms with van der Waals surface area (Å²) in [6.45, 7) is 1.74. The van der Waals surface area contributed by atoms with Gasteiger partial charge < -0.3 is 10.1 Å². The van der Waals surface area contributed by atoms with Gasteiger partial charge in [-0.2, -0.15) is 0 Å². The summed E-state index contributed by atoms with van der Waals surface area (Å²) in [5.41, 5.74) is 6.45. The second-order valence-corrected chi connectivity index (χ2v) is 6.84. The standard InChI is InChI=1S/C24H21NO3/c1-2-23(26)16-7-10-20(11-8-16)28-15-24(27)25-19-9-12-22-18(14-19)13-17-5-3-4-6-21(17)22/h3-12,14H,2,13,15H2,1H3,(H,25,27). The van der Waals surface area contributed by atoms with Crippen LogP contribution < -0.4 is 10.1 Å². The lowest BCUT2D eigenvalue weighted by atomic mass is 10.1. The third-order valence-corrected chi connectivity index (χ3v) is 4.94. The number of Topliss-reactive ketones (excluding diaryl/α,β-unsaturated/α-hetero) is 1. The van der Waals surface area contributed by atoms with Crippen LogP contribution in [0.15, 0.2) is 66.7 Å². The van der Waals surface area contributed by atoms with E-state index in [1.54, 1.807) is 24.3 Å². The minimum absolute atomic E-state index is 0.0849. The smallest absolute Gasteiger partial charge is 0.262 e. The van der Waals surface area contributed by atoms with Crippen molar-refractivity contribution in [3.05, 3.63) is 83.4 Å². The van der Waals surface area contributed by atoms with Crippen molar-refractivity contribution < 1.29 is 14.3 Å². The number of amides is 1. The second-order valence-electron chi connectivity index (χ2n) is 6.84. The zero-order chi connectivity index (χ0) is 19.5. The van der Waals surface area contributed by atoms with Gasteiger partial charge in [-0.25, -0.2) is 0 Å². The van der Waals surface area contributed by atoms with Gasteiger partial charge in [0.15, 0.2) is 12.4 Å². The Kier molecular flexibility index (Phi) is 4.94. The Bertz CT molecular complexity index is 1040. The average Bonchev–Trinajstić information content (AvgIpc) is 3.10. The molecular weight excluding hydrogens is 350 g/mol. The predicted octanol–water partition coefficient (Wildman–Crippen LogP) is 4.87. The van der Waals surface area contributed by atoms with Gasteiger partial charge in [-0.05, 0) is 65.1 Å². The van der Waals surface area contributed by atoms with E-state index in [-0.39, 0.29) is 18.3 Å². The topological polar surface area (TPSA) is 55.4 Å². The van der Waals surface area contributed by atoms with Gasteiger partial charge in [-0.3, -0.25) is 9.59 Å². The van der Waals surface area contributed by atoms with Crippen molar-refractivity contribution >= 4 is 17.4 Å². The van der Waals surface area contributed by atoms with Gasteiger partial charge in [0, 0.05) is 17.7 Å². The second kappa shape index (κ2) is 7.69. The fraction of sp³-hybridized carbons (Fsp3) is 0.167. The first-order valence-electron chi connectivity index (χ1n) is 9.41. The Morgan fingerprint density at radius 3 is 2.46 bits per heavy atom. The number of carbonyl (C=O) groups excluding carboxylic acids is 2. The summed E-state index contributed by atoms with van der Waals surface area (Å²) in [4.78, 5) is 23.9. The van der Waals surface area contributed by atoms with E-state index in [1.807, 2.05) is 25.1 Å². The van der Waals surface area contributed by atoms with E-state index in [1.165, 1.54) is 22.3 Å². The highest BCUT2D eigenvalue weighted by molar-refractivity contribution is 5.96. The summed E-state index contributed by atoms with van der Waals surface area (Å²) < 4.78 is 5.53. The number of ether oxygens (including phenoxy) is 1. The number of ketones is 1. The van der Waals surface area contributed by atoms with E-state index < -0.39 is 0 Å². The van der Waals surface area contributed by atoms with Crippen molar-refractivity contribution in [3.8, 4) is 16.9 Å². The molecule has 0 bridgehead atoms. The largest absolute Gasteiger partial charge is 0.484 e. The molecule has 3 aromatic carbocycles. The number of hydrogen-bond acceptors (Lipinski definition) is 3. The van der Waals surface area contributed by atoms with E-state index in [0.717, 1.165) is 12.1 Å². The first-order valence-corrected chi connectivity index (χ1v) is 9.41. The first kappa shape index (κ1) is 18.0. The number of benzene rings is 3. The molecule has 4 heteroatoms. The van der Waals surface area contributed by atoms with Crippen LogP contribution in [-0.2, 0) is 11.2 Å². The maximum Gasteiger partial charge on any atom is 0.262 e.